The summed E-state index contributed by atoms with van der Waals surface area (Å²) < 4.78 is 4.85. The Balaban J connectivity index is 2.25. The molecule has 0 radical (unpaired) electrons. The molecule has 0 bridgehead atoms. The number of aromatic amines is 1. The normalized spacial score (nSPS) is 11.1. The number of nitrogen functional groups attached to an aromatic ring is 1. The lowest BCUT2D eigenvalue weighted by Gasteiger charge is -1.93. The maximum atomic E-state index is 5.90. The number of anilines is 1. The van der Waals surface area contributed by atoms with E-state index in [0.29, 0.717) is 16.6 Å². The predicted octanol–water partition coefficient (Wildman–Crippen LogP) is 3.06. The van der Waals surface area contributed by atoms with Crippen molar-refractivity contribution in [2.75, 3.05) is 5.73 Å². The largest absolute Gasteiger partial charge is 0.368 e. The van der Waals surface area contributed by atoms with Crippen molar-refractivity contribution >= 4 is 28.4 Å². The van der Waals surface area contributed by atoms with Crippen LogP contribution in [-0.4, -0.2) is 10.1 Å². The number of nitrogens with two attached hydrogens (primary N) is 1. The number of nitrogens with zero attached hydrogens (tertiary/aromatic N) is 1. The molecule has 0 saturated heterocycles. The second-order valence-electron chi connectivity index (χ2n) is 3.51. The van der Waals surface area contributed by atoms with Crippen LogP contribution >= 0.6 is 11.6 Å². The van der Waals surface area contributed by atoms with Gasteiger partial charge < -0.3 is 15.2 Å². The van der Waals surface area contributed by atoms with Crippen molar-refractivity contribution in [2.45, 2.75) is 0 Å². The Morgan fingerprint density at radius 2 is 2.19 bits per heavy atom. The summed E-state index contributed by atoms with van der Waals surface area (Å²) >= 11 is 5.90. The van der Waals surface area contributed by atoms with Crippen LogP contribution in [0.1, 0.15) is 0 Å². The van der Waals surface area contributed by atoms with Gasteiger partial charge in [-0.15, -0.1) is 0 Å². The van der Waals surface area contributed by atoms with Crippen LogP contribution in [0.15, 0.2) is 35.0 Å². The molecule has 4 nitrogen and oxygen atoms in total. The minimum Gasteiger partial charge on any atom is -0.368 e. The number of hydrogen-bond acceptors (Lipinski definition) is 3. The van der Waals surface area contributed by atoms with E-state index in [1.165, 1.54) is 0 Å². The molecule has 2 aromatic heterocycles. The van der Waals surface area contributed by atoms with Crippen LogP contribution in [-0.2, 0) is 0 Å². The molecule has 1 aromatic carbocycles. The van der Waals surface area contributed by atoms with Crippen molar-refractivity contribution in [2.24, 2.45) is 0 Å². The molecule has 0 aliphatic carbocycles. The number of hydrogen-bond donors (Lipinski definition) is 2. The van der Waals surface area contributed by atoms with E-state index in [1.54, 1.807) is 6.07 Å². The van der Waals surface area contributed by atoms with E-state index in [9.17, 15) is 0 Å². The van der Waals surface area contributed by atoms with Crippen LogP contribution in [0.2, 0.25) is 5.02 Å². The van der Waals surface area contributed by atoms with Gasteiger partial charge in [-0.3, -0.25) is 0 Å². The van der Waals surface area contributed by atoms with Crippen LogP contribution in [0.25, 0.3) is 22.2 Å². The lowest BCUT2D eigenvalue weighted by molar-refractivity contribution is 0.439. The van der Waals surface area contributed by atoms with Crippen LogP contribution in [0.4, 0.5) is 5.88 Å². The number of benzene rings is 1. The zero-order valence-corrected chi connectivity index (χ0v) is 8.95. The highest BCUT2D eigenvalue weighted by Crippen LogP contribution is 2.30. The van der Waals surface area contributed by atoms with Crippen LogP contribution in [0, 0.1) is 0 Å². The standard InChI is InChI=1S/C11H8ClN3O/c12-6-1-2-7-8(5-14-9(7)3-6)10-4-11(13)16-15-10/h1-5,14H,13H2. The Hall–Kier alpha value is -1.94. The van der Waals surface area contributed by atoms with E-state index < -0.39 is 0 Å². The summed E-state index contributed by atoms with van der Waals surface area (Å²) in [6.45, 7) is 0. The van der Waals surface area contributed by atoms with Gasteiger partial charge in [0.15, 0.2) is 0 Å². The van der Waals surface area contributed by atoms with E-state index >= 15 is 0 Å². The van der Waals surface area contributed by atoms with Crippen molar-refractivity contribution < 1.29 is 4.52 Å². The molecular weight excluding hydrogens is 226 g/mol. The van der Waals surface area contributed by atoms with Crippen molar-refractivity contribution in [3.05, 3.63) is 35.5 Å². The second kappa shape index (κ2) is 3.28. The quantitative estimate of drug-likeness (QED) is 0.679. The van der Waals surface area contributed by atoms with Gasteiger partial charge >= 0.3 is 0 Å². The van der Waals surface area contributed by atoms with Crippen LogP contribution in [0.3, 0.4) is 0 Å². The summed E-state index contributed by atoms with van der Waals surface area (Å²) in [5.74, 6) is 0.304. The highest BCUT2D eigenvalue weighted by atomic mass is 35.5. The third-order valence-corrected chi connectivity index (χ3v) is 2.68. The van der Waals surface area contributed by atoms with Gasteiger partial charge in [0.1, 0.15) is 5.69 Å². The summed E-state index contributed by atoms with van der Waals surface area (Å²) in [4.78, 5) is 3.13. The van der Waals surface area contributed by atoms with Crippen LogP contribution in [0.5, 0.6) is 0 Å². The van der Waals surface area contributed by atoms with Crippen molar-refractivity contribution in [3.63, 3.8) is 0 Å². The fraction of sp³-hybridized carbons (Fsp3) is 0. The summed E-state index contributed by atoms with van der Waals surface area (Å²) in [7, 11) is 0. The minimum absolute atomic E-state index is 0.304. The Kier molecular flexibility index (Phi) is 1.91. The Labute approximate surface area is 96.0 Å². The van der Waals surface area contributed by atoms with Gasteiger partial charge in [0, 0.05) is 33.8 Å². The molecule has 0 atom stereocenters. The van der Waals surface area contributed by atoms with Crippen molar-refractivity contribution in [1.82, 2.24) is 10.1 Å². The van der Waals surface area contributed by atoms with Gasteiger partial charge in [0.2, 0.25) is 5.88 Å². The van der Waals surface area contributed by atoms with Crippen molar-refractivity contribution in [1.29, 1.82) is 0 Å². The molecule has 0 unspecified atom stereocenters. The van der Waals surface area contributed by atoms with E-state index in [1.807, 2.05) is 24.4 Å². The highest BCUT2D eigenvalue weighted by molar-refractivity contribution is 6.31. The molecule has 2 heterocycles. The first-order valence-electron chi connectivity index (χ1n) is 4.73. The number of rotatable bonds is 1. The zero-order valence-electron chi connectivity index (χ0n) is 8.20. The molecule has 0 amide bonds. The maximum Gasteiger partial charge on any atom is 0.222 e. The van der Waals surface area contributed by atoms with E-state index in [4.69, 9.17) is 21.9 Å². The summed E-state index contributed by atoms with van der Waals surface area (Å²) in [6.07, 6.45) is 1.86. The third kappa shape index (κ3) is 1.35. The van der Waals surface area contributed by atoms with E-state index in [-0.39, 0.29) is 0 Å². The molecule has 3 rings (SSSR count). The number of aromatic nitrogens is 2. The highest BCUT2D eigenvalue weighted by Gasteiger charge is 2.10. The second-order valence-corrected chi connectivity index (χ2v) is 3.94. The zero-order chi connectivity index (χ0) is 11.1. The Morgan fingerprint density at radius 1 is 1.31 bits per heavy atom. The molecule has 0 saturated carbocycles. The number of nitrogens with one attached hydrogen (secondary N) is 1. The number of fused-ring (bicyclic) bond motifs is 1. The SMILES string of the molecule is Nc1cc(-c2c[nH]c3cc(Cl)ccc23)no1. The topological polar surface area (TPSA) is 67.8 Å². The first-order valence-corrected chi connectivity index (χ1v) is 5.11. The molecular formula is C11H8ClN3O. The number of H-pyrrole nitrogens is 1. The Bertz CT molecular complexity index is 656. The first-order chi connectivity index (χ1) is 7.74. The molecule has 80 valence electrons. The Morgan fingerprint density at radius 3 is 2.94 bits per heavy atom. The van der Waals surface area contributed by atoms with Crippen molar-refractivity contribution in [3.8, 4) is 11.3 Å². The fourth-order valence-electron chi connectivity index (χ4n) is 1.73. The molecule has 0 spiro atoms. The molecule has 5 heteroatoms. The van der Waals surface area contributed by atoms with Gasteiger partial charge in [-0.2, -0.15) is 0 Å². The van der Waals surface area contributed by atoms with E-state index in [0.717, 1.165) is 16.5 Å². The molecule has 3 aromatic rings. The third-order valence-electron chi connectivity index (χ3n) is 2.45. The molecule has 3 N–H and O–H groups in total. The van der Waals surface area contributed by atoms with Gasteiger partial charge in [-0.05, 0) is 12.1 Å². The van der Waals surface area contributed by atoms with Gasteiger partial charge in [-0.1, -0.05) is 22.8 Å². The molecule has 0 aliphatic rings. The predicted molar refractivity (Wildman–Crippen MR) is 63.2 cm³/mol. The summed E-state index contributed by atoms with van der Waals surface area (Å²) in [6, 6.07) is 7.33. The van der Waals surface area contributed by atoms with Crippen LogP contribution < -0.4 is 5.73 Å². The first kappa shape index (κ1) is 9.30. The van der Waals surface area contributed by atoms with E-state index in [2.05, 4.69) is 10.1 Å². The molecule has 0 fully saturated rings. The molecule has 0 aliphatic heterocycles. The summed E-state index contributed by atoms with van der Waals surface area (Å²) in [5, 5.41) is 5.61. The van der Waals surface area contributed by atoms with Gasteiger partial charge in [-0.25, -0.2) is 0 Å². The smallest absolute Gasteiger partial charge is 0.222 e. The lowest BCUT2D eigenvalue weighted by atomic mass is 10.1. The summed E-state index contributed by atoms with van der Waals surface area (Å²) in [5.41, 5.74) is 8.12. The average Bonchev–Trinajstić information content (AvgIpc) is 2.83. The van der Waals surface area contributed by atoms with Gasteiger partial charge in [0.05, 0.1) is 0 Å². The fourth-order valence-corrected chi connectivity index (χ4v) is 1.90. The lowest BCUT2D eigenvalue weighted by Crippen LogP contribution is -1.76. The maximum absolute atomic E-state index is 5.90. The number of halogens is 1. The minimum atomic E-state index is 0.304. The average molecular weight is 234 g/mol. The monoisotopic (exact) mass is 233 g/mol. The van der Waals surface area contributed by atoms with Gasteiger partial charge in [0.25, 0.3) is 0 Å². The molecule has 16 heavy (non-hydrogen) atoms.